The van der Waals surface area contributed by atoms with Gasteiger partial charge in [-0.15, -0.1) is 0 Å². The normalized spacial score (nSPS) is 13.2. The summed E-state index contributed by atoms with van der Waals surface area (Å²) in [6.07, 6.45) is 5.64. The fraction of sp³-hybridized carbons (Fsp3) is 0.625. The van der Waals surface area contributed by atoms with E-state index in [9.17, 15) is 4.79 Å². The summed E-state index contributed by atoms with van der Waals surface area (Å²) >= 11 is 1.75. The highest BCUT2D eigenvalue weighted by molar-refractivity contribution is 7.98. The molecule has 0 aromatic carbocycles. The molecule has 0 radical (unpaired) electrons. The van der Waals surface area contributed by atoms with Crippen LogP contribution in [0.2, 0.25) is 0 Å². The molecule has 0 aromatic heterocycles. The van der Waals surface area contributed by atoms with Crippen molar-refractivity contribution in [1.29, 1.82) is 0 Å². The predicted octanol–water partition coefficient (Wildman–Crippen LogP) is 1.32. The molecule has 4 heteroatoms. The third kappa shape index (κ3) is 6.09. The van der Waals surface area contributed by atoms with E-state index in [2.05, 4.69) is 12.2 Å². The molecule has 1 atom stereocenters. The number of carboxylic acids is 1. The molecule has 0 saturated carbocycles. The molecule has 0 amide bonds. The fourth-order valence-corrected chi connectivity index (χ4v) is 1.47. The molecular formula is C8H15NO2S. The first-order chi connectivity index (χ1) is 5.70. The Morgan fingerprint density at radius 2 is 2.42 bits per heavy atom. The second-order valence-electron chi connectivity index (χ2n) is 2.40. The highest BCUT2D eigenvalue weighted by atomic mass is 32.2. The fourth-order valence-electron chi connectivity index (χ4n) is 0.740. The van der Waals surface area contributed by atoms with Crippen molar-refractivity contribution in [3.63, 3.8) is 0 Å². The average Bonchev–Trinajstić information content (AvgIpc) is 2.02. The molecule has 0 aliphatic rings. The number of hydrogen-bond acceptors (Lipinski definition) is 3. The second-order valence-corrected chi connectivity index (χ2v) is 3.31. The van der Waals surface area contributed by atoms with Crippen molar-refractivity contribution in [3.05, 3.63) is 12.3 Å². The Hall–Kier alpha value is -0.640. The van der Waals surface area contributed by atoms with E-state index < -0.39 is 5.97 Å². The second kappa shape index (κ2) is 7.03. The van der Waals surface area contributed by atoms with E-state index in [4.69, 9.17) is 5.11 Å². The summed E-state index contributed by atoms with van der Waals surface area (Å²) in [5, 5.41) is 11.3. The Kier molecular flexibility index (Phi) is 6.66. The van der Waals surface area contributed by atoms with Gasteiger partial charge in [-0.1, -0.05) is 6.92 Å². The number of rotatable bonds is 6. The minimum Gasteiger partial charge on any atom is -0.478 e. The molecule has 0 spiro atoms. The number of carbonyl (C=O) groups is 1. The summed E-state index contributed by atoms with van der Waals surface area (Å²) < 4.78 is 0. The number of nitrogens with one attached hydrogen (secondary N) is 1. The van der Waals surface area contributed by atoms with Crippen LogP contribution in [0.1, 0.15) is 13.3 Å². The Balaban J connectivity index is 3.63. The van der Waals surface area contributed by atoms with Crippen LogP contribution in [-0.4, -0.2) is 29.1 Å². The van der Waals surface area contributed by atoms with Gasteiger partial charge in [0.25, 0.3) is 0 Å². The summed E-state index contributed by atoms with van der Waals surface area (Å²) in [4.78, 5) is 10.1. The molecule has 0 rings (SSSR count). The first-order valence-corrected chi connectivity index (χ1v) is 5.24. The molecule has 1 unspecified atom stereocenters. The molecule has 0 aliphatic carbocycles. The van der Waals surface area contributed by atoms with Gasteiger partial charge in [-0.2, -0.15) is 11.8 Å². The quantitative estimate of drug-likeness (QED) is 0.619. The van der Waals surface area contributed by atoms with E-state index >= 15 is 0 Å². The van der Waals surface area contributed by atoms with Gasteiger partial charge in [-0.3, -0.25) is 0 Å². The van der Waals surface area contributed by atoms with Crippen LogP contribution in [0.4, 0.5) is 0 Å². The van der Waals surface area contributed by atoms with Crippen LogP contribution >= 0.6 is 11.8 Å². The smallest absolute Gasteiger partial charge is 0.329 e. The summed E-state index contributed by atoms with van der Waals surface area (Å²) in [6, 6.07) is 0.371. The van der Waals surface area contributed by atoms with Crippen molar-refractivity contribution in [1.82, 2.24) is 5.32 Å². The highest BCUT2D eigenvalue weighted by Crippen LogP contribution is 2.00. The van der Waals surface area contributed by atoms with Gasteiger partial charge >= 0.3 is 5.97 Å². The Labute approximate surface area is 77.2 Å². The molecule has 12 heavy (non-hydrogen) atoms. The van der Waals surface area contributed by atoms with Crippen molar-refractivity contribution >= 4 is 17.7 Å². The molecule has 0 aromatic rings. The van der Waals surface area contributed by atoms with Crippen molar-refractivity contribution in [2.24, 2.45) is 0 Å². The van der Waals surface area contributed by atoms with Crippen LogP contribution in [-0.2, 0) is 4.79 Å². The Bertz CT molecular complexity index is 159. The molecule has 2 N–H and O–H groups in total. The van der Waals surface area contributed by atoms with Gasteiger partial charge in [0.1, 0.15) is 0 Å². The largest absolute Gasteiger partial charge is 0.478 e. The molecule has 0 aliphatic heterocycles. The molecule has 3 nitrogen and oxygen atoms in total. The van der Waals surface area contributed by atoms with E-state index in [-0.39, 0.29) is 0 Å². The zero-order valence-electron chi connectivity index (χ0n) is 7.41. The summed E-state index contributed by atoms with van der Waals surface area (Å²) in [6.45, 7) is 2.07. The standard InChI is InChI=1S/C8H15NO2S/c1-3-7(6-12-2)9-5-4-8(10)11/h4-5,7,9H,3,6H2,1-2H3,(H,10,11)/b5-4+. The number of carboxylic acid groups (broad SMARTS) is 1. The maximum atomic E-state index is 10.1. The van der Waals surface area contributed by atoms with Gasteiger partial charge in [-0.05, 0) is 12.7 Å². The first kappa shape index (κ1) is 11.4. The number of aliphatic carboxylic acids is 1. The zero-order valence-corrected chi connectivity index (χ0v) is 8.23. The molecular weight excluding hydrogens is 174 g/mol. The van der Waals surface area contributed by atoms with Gasteiger partial charge in [0.2, 0.25) is 0 Å². The van der Waals surface area contributed by atoms with Gasteiger partial charge in [0, 0.05) is 24.1 Å². The Morgan fingerprint density at radius 1 is 1.75 bits per heavy atom. The minimum atomic E-state index is -0.915. The number of hydrogen-bond donors (Lipinski definition) is 2. The van der Waals surface area contributed by atoms with Gasteiger partial charge in [-0.25, -0.2) is 4.79 Å². The van der Waals surface area contributed by atoms with Gasteiger partial charge < -0.3 is 10.4 Å². The highest BCUT2D eigenvalue weighted by Gasteiger charge is 2.00. The van der Waals surface area contributed by atoms with E-state index in [1.54, 1.807) is 11.8 Å². The SMILES string of the molecule is CCC(CSC)N/C=C/C(=O)O. The molecule has 70 valence electrons. The van der Waals surface area contributed by atoms with Crippen LogP contribution in [0.25, 0.3) is 0 Å². The lowest BCUT2D eigenvalue weighted by atomic mass is 10.3. The topological polar surface area (TPSA) is 49.3 Å². The summed E-state index contributed by atoms with van der Waals surface area (Å²) in [5.74, 6) is 0.0852. The lowest BCUT2D eigenvalue weighted by Gasteiger charge is -2.12. The van der Waals surface area contributed by atoms with Gasteiger partial charge in [0.05, 0.1) is 0 Å². The molecule has 0 bridgehead atoms. The minimum absolute atomic E-state index is 0.371. The van der Waals surface area contributed by atoms with E-state index in [1.807, 2.05) is 6.26 Å². The first-order valence-electron chi connectivity index (χ1n) is 3.85. The monoisotopic (exact) mass is 189 g/mol. The van der Waals surface area contributed by atoms with Crippen molar-refractivity contribution in [2.75, 3.05) is 12.0 Å². The van der Waals surface area contributed by atoms with Crippen molar-refractivity contribution in [3.8, 4) is 0 Å². The molecule has 0 fully saturated rings. The molecule has 0 heterocycles. The number of thioether (sulfide) groups is 1. The predicted molar refractivity (Wildman–Crippen MR) is 52.4 cm³/mol. The van der Waals surface area contributed by atoms with Crippen LogP contribution in [0.5, 0.6) is 0 Å². The average molecular weight is 189 g/mol. The summed E-state index contributed by atoms with van der Waals surface area (Å²) in [7, 11) is 0. The maximum Gasteiger partial charge on any atom is 0.329 e. The van der Waals surface area contributed by atoms with E-state index in [1.165, 1.54) is 6.20 Å². The van der Waals surface area contributed by atoms with Crippen LogP contribution in [0.15, 0.2) is 12.3 Å². The Morgan fingerprint density at radius 3 is 2.83 bits per heavy atom. The third-order valence-electron chi connectivity index (χ3n) is 1.42. The van der Waals surface area contributed by atoms with E-state index in [0.717, 1.165) is 18.2 Å². The summed E-state index contributed by atoms with van der Waals surface area (Å²) in [5.41, 5.74) is 0. The van der Waals surface area contributed by atoms with Crippen LogP contribution in [0.3, 0.4) is 0 Å². The molecule has 0 saturated heterocycles. The van der Waals surface area contributed by atoms with E-state index in [0.29, 0.717) is 6.04 Å². The van der Waals surface area contributed by atoms with Crippen molar-refractivity contribution < 1.29 is 9.90 Å². The zero-order chi connectivity index (χ0) is 9.40. The van der Waals surface area contributed by atoms with Crippen LogP contribution in [0, 0.1) is 0 Å². The lowest BCUT2D eigenvalue weighted by Crippen LogP contribution is -2.25. The van der Waals surface area contributed by atoms with Crippen molar-refractivity contribution in [2.45, 2.75) is 19.4 Å². The van der Waals surface area contributed by atoms with Gasteiger partial charge in [0.15, 0.2) is 0 Å². The maximum absolute atomic E-state index is 10.1. The lowest BCUT2D eigenvalue weighted by molar-refractivity contribution is -0.131. The van der Waals surface area contributed by atoms with Crippen LogP contribution < -0.4 is 5.32 Å². The third-order valence-corrected chi connectivity index (χ3v) is 2.15.